The number of nitrogens with one attached hydrogen (secondary N) is 1. The van der Waals surface area contributed by atoms with E-state index in [1.165, 1.54) is 10.9 Å². The molecule has 3 aromatic rings. The summed E-state index contributed by atoms with van der Waals surface area (Å²) in [6.07, 6.45) is 2.04. The standard InChI is InChI=1S/C23H28N2O3/c1-23(2,3)19-15-18(27-4)9-10-21(19)28-16-22(26)24-12-14-25-13-11-17-7-5-6-8-20(17)25/h5-11,13,15H,12,14,16H2,1-4H3,(H,24,26). The van der Waals surface area contributed by atoms with Crippen molar-refractivity contribution in [1.82, 2.24) is 9.88 Å². The van der Waals surface area contributed by atoms with E-state index in [-0.39, 0.29) is 17.9 Å². The maximum absolute atomic E-state index is 12.2. The Morgan fingerprint density at radius 1 is 1.11 bits per heavy atom. The molecule has 148 valence electrons. The van der Waals surface area contributed by atoms with Crippen LogP contribution in [0.3, 0.4) is 0 Å². The summed E-state index contributed by atoms with van der Waals surface area (Å²) in [7, 11) is 1.64. The van der Waals surface area contributed by atoms with E-state index < -0.39 is 0 Å². The molecule has 5 heteroatoms. The number of carbonyl (C=O) groups excluding carboxylic acids is 1. The Morgan fingerprint density at radius 2 is 1.89 bits per heavy atom. The van der Waals surface area contributed by atoms with Gasteiger partial charge in [0.15, 0.2) is 6.61 Å². The fraction of sp³-hybridized carbons (Fsp3) is 0.348. The molecule has 0 saturated carbocycles. The number of para-hydroxylation sites is 1. The molecule has 0 bridgehead atoms. The highest BCUT2D eigenvalue weighted by molar-refractivity contribution is 5.80. The van der Waals surface area contributed by atoms with E-state index in [0.29, 0.717) is 12.3 Å². The van der Waals surface area contributed by atoms with Gasteiger partial charge in [-0.25, -0.2) is 0 Å². The van der Waals surface area contributed by atoms with Crippen LogP contribution in [0.1, 0.15) is 26.3 Å². The largest absolute Gasteiger partial charge is 0.497 e. The molecular weight excluding hydrogens is 352 g/mol. The number of fused-ring (bicyclic) bond motifs is 1. The molecule has 0 radical (unpaired) electrons. The molecule has 1 amide bonds. The van der Waals surface area contributed by atoms with Crippen molar-refractivity contribution >= 4 is 16.8 Å². The quantitative estimate of drug-likeness (QED) is 0.670. The van der Waals surface area contributed by atoms with Gasteiger partial charge >= 0.3 is 0 Å². The third-order valence-electron chi connectivity index (χ3n) is 4.71. The minimum Gasteiger partial charge on any atom is -0.497 e. The van der Waals surface area contributed by atoms with Crippen LogP contribution in [-0.2, 0) is 16.8 Å². The molecule has 1 heterocycles. The number of rotatable bonds is 7. The molecule has 0 aliphatic heterocycles. The zero-order chi connectivity index (χ0) is 20.1. The number of hydrogen-bond acceptors (Lipinski definition) is 3. The minimum atomic E-state index is -0.132. The van der Waals surface area contributed by atoms with Gasteiger partial charge in [0.05, 0.1) is 7.11 Å². The van der Waals surface area contributed by atoms with Crippen LogP contribution in [0.25, 0.3) is 10.9 Å². The van der Waals surface area contributed by atoms with E-state index in [9.17, 15) is 4.79 Å². The molecule has 1 aromatic heterocycles. The number of ether oxygens (including phenoxy) is 2. The molecule has 28 heavy (non-hydrogen) atoms. The summed E-state index contributed by atoms with van der Waals surface area (Å²) in [5.41, 5.74) is 2.06. The summed E-state index contributed by atoms with van der Waals surface area (Å²) >= 11 is 0. The third kappa shape index (κ3) is 4.66. The van der Waals surface area contributed by atoms with Crippen molar-refractivity contribution in [1.29, 1.82) is 0 Å². The normalized spacial score (nSPS) is 11.4. The molecule has 2 aromatic carbocycles. The highest BCUT2D eigenvalue weighted by atomic mass is 16.5. The smallest absolute Gasteiger partial charge is 0.258 e. The second kappa shape index (κ2) is 8.38. The van der Waals surface area contributed by atoms with Gasteiger partial charge in [-0.1, -0.05) is 39.0 Å². The van der Waals surface area contributed by atoms with Crippen molar-refractivity contribution in [2.45, 2.75) is 32.7 Å². The molecular formula is C23H28N2O3. The van der Waals surface area contributed by atoms with Crippen molar-refractivity contribution in [3.8, 4) is 11.5 Å². The van der Waals surface area contributed by atoms with Crippen LogP contribution in [0, 0.1) is 0 Å². The van der Waals surface area contributed by atoms with Crippen LogP contribution >= 0.6 is 0 Å². The van der Waals surface area contributed by atoms with E-state index in [0.717, 1.165) is 17.9 Å². The number of amides is 1. The summed E-state index contributed by atoms with van der Waals surface area (Å²) in [6, 6.07) is 16.0. The molecule has 0 atom stereocenters. The van der Waals surface area contributed by atoms with Gasteiger partial charge in [0, 0.05) is 30.4 Å². The third-order valence-corrected chi connectivity index (χ3v) is 4.71. The van der Waals surface area contributed by atoms with Crippen LogP contribution in [-0.4, -0.2) is 30.7 Å². The first-order chi connectivity index (χ1) is 13.4. The highest BCUT2D eigenvalue weighted by Gasteiger charge is 2.20. The average Bonchev–Trinajstić information content (AvgIpc) is 3.09. The first-order valence-electron chi connectivity index (χ1n) is 9.50. The Labute approximate surface area is 166 Å². The maximum atomic E-state index is 12.2. The SMILES string of the molecule is COc1ccc(OCC(=O)NCCn2ccc3ccccc32)c(C(C)(C)C)c1. The Balaban J connectivity index is 1.54. The minimum absolute atomic E-state index is 0.0121. The van der Waals surface area contributed by atoms with Crippen molar-refractivity contribution in [3.05, 3.63) is 60.3 Å². The van der Waals surface area contributed by atoms with Gasteiger partial charge in [-0.05, 0) is 41.1 Å². The van der Waals surface area contributed by atoms with E-state index >= 15 is 0 Å². The summed E-state index contributed by atoms with van der Waals surface area (Å²) in [5.74, 6) is 1.35. The van der Waals surface area contributed by atoms with Crippen LogP contribution in [0.5, 0.6) is 11.5 Å². The molecule has 5 nitrogen and oxygen atoms in total. The first-order valence-corrected chi connectivity index (χ1v) is 9.50. The van der Waals surface area contributed by atoms with Crippen molar-refractivity contribution < 1.29 is 14.3 Å². The van der Waals surface area contributed by atoms with E-state index in [1.807, 2.05) is 36.5 Å². The van der Waals surface area contributed by atoms with Crippen LogP contribution < -0.4 is 14.8 Å². The predicted molar refractivity (Wildman–Crippen MR) is 112 cm³/mol. The number of benzene rings is 2. The Bertz CT molecular complexity index is 954. The lowest BCUT2D eigenvalue weighted by Gasteiger charge is -2.23. The molecule has 0 spiro atoms. The molecule has 0 aliphatic rings. The predicted octanol–water partition coefficient (Wildman–Crippen LogP) is 4.14. The van der Waals surface area contributed by atoms with Crippen molar-refractivity contribution in [2.75, 3.05) is 20.3 Å². The van der Waals surface area contributed by atoms with Crippen molar-refractivity contribution in [3.63, 3.8) is 0 Å². The number of carbonyl (C=O) groups is 1. The van der Waals surface area contributed by atoms with Gasteiger partial charge < -0.3 is 19.4 Å². The van der Waals surface area contributed by atoms with Gasteiger partial charge in [-0.15, -0.1) is 0 Å². The molecule has 3 rings (SSSR count). The maximum Gasteiger partial charge on any atom is 0.258 e. The summed E-state index contributed by atoms with van der Waals surface area (Å²) < 4.78 is 13.3. The van der Waals surface area contributed by atoms with Gasteiger partial charge in [0.25, 0.3) is 5.91 Å². The van der Waals surface area contributed by atoms with Crippen molar-refractivity contribution in [2.24, 2.45) is 0 Å². The number of nitrogens with zero attached hydrogens (tertiary/aromatic N) is 1. The van der Waals surface area contributed by atoms with Crippen LogP contribution in [0.2, 0.25) is 0 Å². The van der Waals surface area contributed by atoms with Gasteiger partial charge in [-0.3, -0.25) is 4.79 Å². The number of aromatic nitrogens is 1. The molecule has 0 aliphatic carbocycles. The van der Waals surface area contributed by atoms with Gasteiger partial charge in [0.1, 0.15) is 11.5 Å². The number of methoxy groups -OCH3 is 1. The molecule has 0 fully saturated rings. The fourth-order valence-corrected chi connectivity index (χ4v) is 3.19. The van der Waals surface area contributed by atoms with Crippen LogP contribution in [0.15, 0.2) is 54.7 Å². The Morgan fingerprint density at radius 3 is 2.64 bits per heavy atom. The molecule has 0 saturated heterocycles. The number of hydrogen-bond donors (Lipinski definition) is 1. The lowest BCUT2D eigenvalue weighted by molar-refractivity contribution is -0.123. The van der Waals surface area contributed by atoms with Crippen LogP contribution in [0.4, 0.5) is 0 Å². The van der Waals surface area contributed by atoms with Gasteiger partial charge in [0.2, 0.25) is 0 Å². The summed E-state index contributed by atoms with van der Waals surface area (Å²) in [6.45, 7) is 7.58. The summed E-state index contributed by atoms with van der Waals surface area (Å²) in [4.78, 5) is 12.2. The zero-order valence-corrected chi connectivity index (χ0v) is 17.0. The molecule has 1 N–H and O–H groups in total. The lowest BCUT2D eigenvalue weighted by atomic mass is 9.86. The summed E-state index contributed by atoms with van der Waals surface area (Å²) in [5, 5.41) is 4.13. The second-order valence-corrected chi connectivity index (χ2v) is 7.82. The first kappa shape index (κ1) is 19.8. The monoisotopic (exact) mass is 380 g/mol. The van der Waals surface area contributed by atoms with E-state index in [4.69, 9.17) is 9.47 Å². The zero-order valence-electron chi connectivity index (χ0n) is 17.0. The second-order valence-electron chi connectivity index (χ2n) is 7.82. The van der Waals surface area contributed by atoms with Gasteiger partial charge in [-0.2, -0.15) is 0 Å². The average molecular weight is 380 g/mol. The highest BCUT2D eigenvalue weighted by Crippen LogP contribution is 2.34. The van der Waals surface area contributed by atoms with E-state index in [1.54, 1.807) is 7.11 Å². The fourth-order valence-electron chi connectivity index (χ4n) is 3.19. The Hall–Kier alpha value is -2.95. The Kier molecular flexibility index (Phi) is 5.93. The topological polar surface area (TPSA) is 52.5 Å². The lowest BCUT2D eigenvalue weighted by Crippen LogP contribution is -2.31. The molecule has 0 unspecified atom stereocenters. The van der Waals surface area contributed by atoms with E-state index in [2.05, 4.69) is 48.9 Å².